The molecular weight excluding hydrogens is 194 g/mol. The van der Waals surface area contributed by atoms with E-state index in [-0.39, 0.29) is 19.3 Å². The molecule has 0 radical (unpaired) electrons. The molecular formula is C11H17NO3. The second-order valence-corrected chi connectivity index (χ2v) is 3.37. The summed E-state index contributed by atoms with van der Waals surface area (Å²) in [6, 6.07) is 7.11. The Morgan fingerprint density at radius 2 is 1.87 bits per heavy atom. The van der Waals surface area contributed by atoms with Gasteiger partial charge in [-0.05, 0) is 24.1 Å². The van der Waals surface area contributed by atoms with E-state index < -0.39 is 0 Å². The molecule has 0 fully saturated rings. The van der Waals surface area contributed by atoms with E-state index in [1.54, 1.807) is 0 Å². The molecule has 4 heteroatoms. The number of rotatable bonds is 6. The van der Waals surface area contributed by atoms with Crippen LogP contribution in [-0.2, 0) is 6.42 Å². The Morgan fingerprint density at radius 3 is 2.40 bits per heavy atom. The number of nitrogens with two attached hydrogens (primary N) is 1. The van der Waals surface area contributed by atoms with Gasteiger partial charge in [0.1, 0.15) is 12.4 Å². The molecule has 0 amide bonds. The first kappa shape index (κ1) is 12.0. The van der Waals surface area contributed by atoms with E-state index in [1.165, 1.54) is 0 Å². The Kier molecular flexibility index (Phi) is 5.10. The van der Waals surface area contributed by atoms with E-state index in [1.807, 2.05) is 24.3 Å². The van der Waals surface area contributed by atoms with Crippen molar-refractivity contribution in [3.05, 3.63) is 29.8 Å². The molecule has 4 N–H and O–H groups in total. The van der Waals surface area contributed by atoms with Crippen LogP contribution in [0.25, 0.3) is 0 Å². The van der Waals surface area contributed by atoms with Crippen LogP contribution in [0.3, 0.4) is 0 Å². The van der Waals surface area contributed by atoms with Gasteiger partial charge in [0.2, 0.25) is 0 Å². The van der Waals surface area contributed by atoms with E-state index in [0.717, 1.165) is 11.3 Å². The summed E-state index contributed by atoms with van der Waals surface area (Å²) in [6.07, 6.45) is 0.649. The summed E-state index contributed by atoms with van der Waals surface area (Å²) < 4.78 is 5.34. The Labute approximate surface area is 89.3 Å². The van der Waals surface area contributed by atoms with Crippen LogP contribution in [-0.4, -0.2) is 36.1 Å². The van der Waals surface area contributed by atoms with Gasteiger partial charge in [-0.3, -0.25) is 0 Å². The Hall–Kier alpha value is -1.10. The third-order valence-electron chi connectivity index (χ3n) is 2.02. The van der Waals surface area contributed by atoms with Gasteiger partial charge < -0.3 is 20.7 Å². The maximum Gasteiger partial charge on any atom is 0.119 e. The third kappa shape index (κ3) is 4.29. The van der Waals surface area contributed by atoms with Crippen molar-refractivity contribution in [1.82, 2.24) is 0 Å². The Bertz CT molecular complexity index is 274. The van der Waals surface area contributed by atoms with Gasteiger partial charge in [-0.15, -0.1) is 0 Å². The van der Waals surface area contributed by atoms with Gasteiger partial charge in [-0.1, -0.05) is 12.1 Å². The minimum atomic E-state index is -0.345. The zero-order chi connectivity index (χ0) is 11.1. The van der Waals surface area contributed by atoms with Gasteiger partial charge in [0.15, 0.2) is 0 Å². The van der Waals surface area contributed by atoms with Crippen LogP contribution in [0.1, 0.15) is 5.56 Å². The molecule has 0 aliphatic carbocycles. The molecule has 0 saturated carbocycles. The van der Waals surface area contributed by atoms with Crippen molar-refractivity contribution in [3.8, 4) is 5.75 Å². The van der Waals surface area contributed by atoms with Gasteiger partial charge in [0, 0.05) is 6.61 Å². The van der Waals surface area contributed by atoms with Crippen molar-refractivity contribution in [2.24, 2.45) is 5.73 Å². The quantitative estimate of drug-likeness (QED) is 0.615. The molecule has 1 rings (SSSR count). The fourth-order valence-electron chi connectivity index (χ4n) is 1.14. The van der Waals surface area contributed by atoms with Gasteiger partial charge in [-0.2, -0.15) is 0 Å². The van der Waals surface area contributed by atoms with Crippen LogP contribution in [0.15, 0.2) is 24.3 Å². The monoisotopic (exact) mass is 211 g/mol. The molecule has 0 heterocycles. The van der Waals surface area contributed by atoms with E-state index >= 15 is 0 Å². The number of hydrogen-bond donors (Lipinski definition) is 3. The summed E-state index contributed by atoms with van der Waals surface area (Å²) in [4.78, 5) is 0. The molecule has 0 spiro atoms. The summed E-state index contributed by atoms with van der Waals surface area (Å²) >= 11 is 0. The number of aliphatic hydroxyl groups is 2. The molecule has 1 aromatic carbocycles. The van der Waals surface area contributed by atoms with Crippen LogP contribution in [0.4, 0.5) is 0 Å². The molecule has 1 atom stereocenters. The molecule has 0 aromatic heterocycles. The van der Waals surface area contributed by atoms with E-state index in [0.29, 0.717) is 13.0 Å². The zero-order valence-corrected chi connectivity index (χ0v) is 8.60. The molecule has 1 unspecified atom stereocenters. The van der Waals surface area contributed by atoms with Crippen LogP contribution in [0.5, 0.6) is 5.75 Å². The highest BCUT2D eigenvalue weighted by atomic mass is 16.5. The standard InChI is InChI=1S/C11H17NO3/c12-10(7-14)8-15-11-3-1-9(2-4-11)5-6-13/h1-4,10,13-14H,5-8,12H2. The molecule has 4 nitrogen and oxygen atoms in total. The fraction of sp³-hybridized carbons (Fsp3) is 0.455. The maximum atomic E-state index is 8.72. The number of hydrogen-bond acceptors (Lipinski definition) is 4. The maximum absolute atomic E-state index is 8.72. The number of benzene rings is 1. The van der Waals surface area contributed by atoms with Crippen molar-refractivity contribution in [3.63, 3.8) is 0 Å². The summed E-state index contributed by atoms with van der Waals surface area (Å²) in [5.74, 6) is 0.723. The lowest BCUT2D eigenvalue weighted by molar-refractivity contribution is 0.206. The summed E-state index contributed by atoms with van der Waals surface area (Å²) in [5.41, 5.74) is 6.56. The molecule has 15 heavy (non-hydrogen) atoms. The first-order valence-electron chi connectivity index (χ1n) is 4.95. The molecule has 1 aromatic rings. The zero-order valence-electron chi connectivity index (χ0n) is 8.60. The first-order chi connectivity index (χ1) is 7.26. The highest BCUT2D eigenvalue weighted by Crippen LogP contribution is 2.12. The second-order valence-electron chi connectivity index (χ2n) is 3.37. The smallest absolute Gasteiger partial charge is 0.119 e. The van der Waals surface area contributed by atoms with E-state index in [2.05, 4.69) is 0 Å². The second kappa shape index (κ2) is 6.40. The number of ether oxygens (including phenoxy) is 1. The first-order valence-corrected chi connectivity index (χ1v) is 4.95. The van der Waals surface area contributed by atoms with Gasteiger partial charge in [0.05, 0.1) is 12.6 Å². The largest absolute Gasteiger partial charge is 0.492 e. The Balaban J connectivity index is 2.42. The van der Waals surface area contributed by atoms with Crippen molar-refractivity contribution >= 4 is 0 Å². The van der Waals surface area contributed by atoms with Crippen LogP contribution in [0.2, 0.25) is 0 Å². The summed E-state index contributed by atoms with van der Waals surface area (Å²) in [6.45, 7) is 0.369. The topological polar surface area (TPSA) is 75.7 Å². The van der Waals surface area contributed by atoms with Crippen LogP contribution >= 0.6 is 0 Å². The average molecular weight is 211 g/mol. The summed E-state index contributed by atoms with van der Waals surface area (Å²) in [5, 5.41) is 17.4. The minimum absolute atomic E-state index is 0.0808. The van der Waals surface area contributed by atoms with E-state index in [4.69, 9.17) is 20.7 Å². The molecule has 0 aliphatic heterocycles. The predicted octanol–water partition coefficient (Wildman–Crippen LogP) is -0.0802. The van der Waals surface area contributed by atoms with Gasteiger partial charge in [0.25, 0.3) is 0 Å². The molecule has 84 valence electrons. The lowest BCUT2D eigenvalue weighted by Gasteiger charge is -2.10. The number of aliphatic hydroxyl groups excluding tert-OH is 2. The third-order valence-corrected chi connectivity index (χ3v) is 2.02. The molecule has 0 bridgehead atoms. The normalized spacial score (nSPS) is 12.5. The predicted molar refractivity (Wildman–Crippen MR) is 57.8 cm³/mol. The van der Waals surface area contributed by atoms with E-state index in [9.17, 15) is 0 Å². The highest BCUT2D eigenvalue weighted by molar-refractivity contribution is 5.27. The lowest BCUT2D eigenvalue weighted by Crippen LogP contribution is -2.31. The van der Waals surface area contributed by atoms with Crippen molar-refractivity contribution < 1.29 is 14.9 Å². The minimum Gasteiger partial charge on any atom is -0.492 e. The average Bonchev–Trinajstić information content (AvgIpc) is 2.28. The SMILES string of the molecule is NC(CO)COc1ccc(CCO)cc1. The molecule has 0 saturated heterocycles. The molecule has 0 aliphatic rings. The van der Waals surface area contributed by atoms with Gasteiger partial charge in [-0.25, -0.2) is 0 Å². The van der Waals surface area contributed by atoms with Gasteiger partial charge >= 0.3 is 0 Å². The Morgan fingerprint density at radius 1 is 1.20 bits per heavy atom. The lowest BCUT2D eigenvalue weighted by atomic mass is 10.1. The fourth-order valence-corrected chi connectivity index (χ4v) is 1.14. The van der Waals surface area contributed by atoms with Crippen LogP contribution in [0, 0.1) is 0 Å². The van der Waals surface area contributed by atoms with Crippen molar-refractivity contribution in [1.29, 1.82) is 0 Å². The summed E-state index contributed by atoms with van der Waals surface area (Å²) in [7, 11) is 0. The highest BCUT2D eigenvalue weighted by Gasteiger charge is 2.01. The van der Waals surface area contributed by atoms with Crippen LogP contribution < -0.4 is 10.5 Å². The van der Waals surface area contributed by atoms with Crippen molar-refractivity contribution in [2.75, 3.05) is 19.8 Å². The van der Waals surface area contributed by atoms with Crippen molar-refractivity contribution in [2.45, 2.75) is 12.5 Å².